The Kier molecular flexibility index (Phi) is 28.2. The zero-order valence-electron chi connectivity index (χ0n) is 7.18. The minimum absolute atomic E-state index is 0. The molecule has 0 N–H and O–H groups in total. The zero-order chi connectivity index (χ0) is 6.95. The number of rotatable bonds is 6. The van der Waals surface area contributed by atoms with Gasteiger partial charge in [0.1, 0.15) is 0 Å². The van der Waals surface area contributed by atoms with Gasteiger partial charge in [-0.05, 0) is 0 Å². The van der Waals surface area contributed by atoms with Gasteiger partial charge in [0.05, 0.1) is 0 Å². The summed E-state index contributed by atoms with van der Waals surface area (Å²) in [6.07, 6.45) is 8.92. The second-order valence-electron chi connectivity index (χ2n) is 2.47. The van der Waals surface area contributed by atoms with E-state index in [0.717, 1.165) is 12.8 Å². The predicted octanol–water partition coefficient (Wildman–Crippen LogP) is 3.38. The van der Waals surface area contributed by atoms with Crippen LogP contribution in [0.15, 0.2) is 0 Å². The molecule has 0 aromatic carbocycles. The third-order valence-electron chi connectivity index (χ3n) is 1.50. The molecule has 0 saturated heterocycles. The quantitative estimate of drug-likeness (QED) is 0.484. The summed E-state index contributed by atoms with van der Waals surface area (Å²) in [5.74, 6) is 0. The van der Waals surface area contributed by atoms with Crippen LogP contribution >= 0.6 is 0 Å². The van der Waals surface area contributed by atoms with Gasteiger partial charge in [0.25, 0.3) is 0 Å². The van der Waals surface area contributed by atoms with Crippen molar-refractivity contribution in [1.29, 1.82) is 0 Å². The molecule has 68 valence electrons. The second kappa shape index (κ2) is 17.2. The molecule has 0 heterocycles. The van der Waals surface area contributed by atoms with E-state index in [-0.39, 0.29) is 34.7 Å². The monoisotopic (exact) mass is 230 g/mol. The van der Waals surface area contributed by atoms with Crippen molar-refractivity contribution in [2.75, 3.05) is 0 Å². The Morgan fingerprint density at radius 3 is 1.09 bits per heavy atom. The van der Waals surface area contributed by atoms with Crippen molar-refractivity contribution in [3.8, 4) is 0 Å². The number of unbranched alkanes of at least 4 members (excludes halogenated alkanes) is 6. The van der Waals surface area contributed by atoms with Gasteiger partial charge < -0.3 is 13.8 Å². The third-order valence-corrected chi connectivity index (χ3v) is 1.50. The molecular formula is C9H18Cr2-2. The first-order valence-corrected chi connectivity index (χ1v) is 4.00. The van der Waals surface area contributed by atoms with Gasteiger partial charge in [-0.3, -0.25) is 0 Å². The molecule has 0 aliphatic carbocycles. The first-order valence-electron chi connectivity index (χ1n) is 4.00. The van der Waals surface area contributed by atoms with E-state index in [1.165, 1.54) is 32.1 Å². The maximum Gasteiger partial charge on any atom is 0 e. The van der Waals surface area contributed by atoms with Gasteiger partial charge in [-0.25, -0.2) is 0 Å². The zero-order valence-corrected chi connectivity index (χ0v) is 9.73. The molecule has 0 saturated carbocycles. The molecule has 0 aliphatic rings. The summed E-state index contributed by atoms with van der Waals surface area (Å²) in [6, 6.07) is 0. The molecule has 0 rings (SSSR count). The van der Waals surface area contributed by atoms with E-state index in [1.807, 2.05) is 0 Å². The summed E-state index contributed by atoms with van der Waals surface area (Å²) in [5.41, 5.74) is 0. The molecular weight excluding hydrogens is 212 g/mol. The van der Waals surface area contributed by atoms with Gasteiger partial charge in [-0.2, -0.15) is 12.8 Å². The van der Waals surface area contributed by atoms with E-state index >= 15 is 0 Å². The van der Waals surface area contributed by atoms with Crippen LogP contribution < -0.4 is 0 Å². The van der Waals surface area contributed by atoms with Gasteiger partial charge in [0.15, 0.2) is 0 Å². The Morgan fingerprint density at radius 2 is 0.818 bits per heavy atom. The SMILES string of the molecule is [CH2-]CCCCCCC[CH2-].[Cr].[Cr]. The Hall–Kier alpha value is 1.06. The van der Waals surface area contributed by atoms with Crippen molar-refractivity contribution in [3.05, 3.63) is 13.8 Å². The summed E-state index contributed by atoms with van der Waals surface area (Å²) in [4.78, 5) is 0. The van der Waals surface area contributed by atoms with Crippen molar-refractivity contribution in [2.24, 2.45) is 0 Å². The van der Waals surface area contributed by atoms with Crippen LogP contribution in [0.2, 0.25) is 0 Å². The van der Waals surface area contributed by atoms with Gasteiger partial charge in [-0.1, -0.05) is 32.1 Å². The fraction of sp³-hybridized carbons (Fsp3) is 0.778. The fourth-order valence-corrected chi connectivity index (χ4v) is 0.884. The Labute approximate surface area is 93.4 Å². The van der Waals surface area contributed by atoms with Crippen LogP contribution in [0.25, 0.3) is 0 Å². The molecule has 0 aliphatic heterocycles. The third kappa shape index (κ3) is 18.2. The van der Waals surface area contributed by atoms with Gasteiger partial charge in [0, 0.05) is 34.7 Å². The standard InChI is InChI=1S/C9H18.2Cr/c1-3-5-7-9-8-6-4-2;;/h1-9H2;;/q-2;;. The molecule has 2 heteroatoms. The van der Waals surface area contributed by atoms with Gasteiger partial charge >= 0.3 is 0 Å². The molecule has 0 atom stereocenters. The van der Waals surface area contributed by atoms with Crippen LogP contribution in [0.5, 0.6) is 0 Å². The predicted molar refractivity (Wildman–Crippen MR) is 43.0 cm³/mol. The van der Waals surface area contributed by atoms with E-state index in [9.17, 15) is 0 Å². The molecule has 0 amide bonds. The van der Waals surface area contributed by atoms with Crippen LogP contribution in [-0.4, -0.2) is 0 Å². The maximum atomic E-state index is 3.79. The van der Waals surface area contributed by atoms with E-state index in [0.29, 0.717) is 0 Å². The Balaban J connectivity index is -0.000000320. The number of hydrogen-bond acceptors (Lipinski definition) is 0. The smallest absolute Gasteiger partial charge is 0 e. The average Bonchev–Trinajstić information content (AvgIpc) is 1.89. The Bertz CT molecular complexity index is 40.8. The first kappa shape index (κ1) is 18.0. The van der Waals surface area contributed by atoms with Crippen LogP contribution in [0.4, 0.5) is 0 Å². The largest absolute Gasteiger partial charge is 0.343 e. The van der Waals surface area contributed by atoms with Crippen molar-refractivity contribution >= 4 is 0 Å². The molecule has 0 aromatic rings. The van der Waals surface area contributed by atoms with Crippen LogP contribution in [-0.2, 0) is 34.7 Å². The van der Waals surface area contributed by atoms with Crippen molar-refractivity contribution in [2.45, 2.75) is 44.9 Å². The summed E-state index contributed by atoms with van der Waals surface area (Å²) in [7, 11) is 0. The molecule has 0 bridgehead atoms. The minimum atomic E-state index is 0. The van der Waals surface area contributed by atoms with Crippen molar-refractivity contribution in [1.82, 2.24) is 0 Å². The van der Waals surface area contributed by atoms with E-state index in [2.05, 4.69) is 13.8 Å². The normalized spacial score (nSPS) is 8.18. The van der Waals surface area contributed by atoms with Crippen LogP contribution in [0, 0.1) is 13.8 Å². The average molecular weight is 230 g/mol. The van der Waals surface area contributed by atoms with Crippen molar-refractivity contribution in [3.63, 3.8) is 0 Å². The van der Waals surface area contributed by atoms with Gasteiger partial charge in [-0.15, -0.1) is 0 Å². The molecule has 0 radical (unpaired) electrons. The molecule has 0 fully saturated rings. The van der Waals surface area contributed by atoms with E-state index in [1.54, 1.807) is 0 Å². The number of hydrogen-bond donors (Lipinski definition) is 0. The summed E-state index contributed by atoms with van der Waals surface area (Å²) in [6.45, 7) is 7.58. The van der Waals surface area contributed by atoms with Gasteiger partial charge in [0.2, 0.25) is 0 Å². The first-order chi connectivity index (χ1) is 4.41. The maximum absolute atomic E-state index is 3.79. The topological polar surface area (TPSA) is 0 Å². The Morgan fingerprint density at radius 1 is 0.545 bits per heavy atom. The molecule has 0 nitrogen and oxygen atoms in total. The van der Waals surface area contributed by atoms with Crippen molar-refractivity contribution < 1.29 is 34.7 Å². The van der Waals surface area contributed by atoms with E-state index in [4.69, 9.17) is 0 Å². The fourth-order valence-electron chi connectivity index (χ4n) is 0.884. The second-order valence-corrected chi connectivity index (χ2v) is 2.47. The minimum Gasteiger partial charge on any atom is -0.343 e. The molecule has 0 unspecified atom stereocenters. The molecule has 0 spiro atoms. The van der Waals surface area contributed by atoms with Crippen LogP contribution in [0.3, 0.4) is 0 Å². The van der Waals surface area contributed by atoms with Crippen LogP contribution in [0.1, 0.15) is 44.9 Å². The summed E-state index contributed by atoms with van der Waals surface area (Å²) in [5, 5.41) is 0. The summed E-state index contributed by atoms with van der Waals surface area (Å²) < 4.78 is 0. The molecule has 0 aromatic heterocycles. The van der Waals surface area contributed by atoms with E-state index < -0.39 is 0 Å². The molecule has 11 heavy (non-hydrogen) atoms. The summed E-state index contributed by atoms with van der Waals surface area (Å²) >= 11 is 0.